The summed E-state index contributed by atoms with van der Waals surface area (Å²) in [6.45, 7) is 0.564. The van der Waals surface area contributed by atoms with Crippen molar-refractivity contribution in [1.82, 2.24) is 23.8 Å². The number of benzene rings is 1. The highest BCUT2D eigenvalue weighted by Crippen LogP contribution is 2.30. The smallest absolute Gasteiger partial charge is 0.281 e. The molecule has 3 heterocycles. The molecule has 12 heteroatoms. The van der Waals surface area contributed by atoms with E-state index in [9.17, 15) is 17.6 Å². The maximum absolute atomic E-state index is 13.1. The number of nitrogens with zero attached hydrogens (tertiary/aromatic N) is 4. The number of thiazole rings is 1. The van der Waals surface area contributed by atoms with Crippen molar-refractivity contribution in [2.75, 3.05) is 26.0 Å². The molecule has 2 aromatic heterocycles. The Bertz CT molecular complexity index is 1190. The van der Waals surface area contributed by atoms with E-state index in [1.807, 2.05) is 0 Å². The quantitative estimate of drug-likeness (QED) is 0.618. The average Bonchev–Trinajstić information content (AvgIpc) is 3.34. The number of carbonyl (C=O) groups is 1. The molecular weight excluding hydrogens is 431 g/mol. The molecule has 30 heavy (non-hydrogen) atoms. The number of amides is 1. The summed E-state index contributed by atoms with van der Waals surface area (Å²) in [6.07, 6.45) is 0.480. The first-order chi connectivity index (χ1) is 14.2. The highest BCUT2D eigenvalue weighted by atomic mass is 32.2. The van der Waals surface area contributed by atoms with Crippen molar-refractivity contribution in [2.45, 2.75) is 13.0 Å². The van der Waals surface area contributed by atoms with Gasteiger partial charge in [-0.2, -0.15) is 22.1 Å². The fourth-order valence-electron chi connectivity index (χ4n) is 3.02. The highest BCUT2D eigenvalue weighted by molar-refractivity contribution is 7.86. The lowest BCUT2D eigenvalue weighted by atomic mass is 10.1. The van der Waals surface area contributed by atoms with Crippen LogP contribution in [0.25, 0.3) is 11.3 Å². The number of hydrogen-bond donors (Lipinski definition) is 2. The van der Waals surface area contributed by atoms with E-state index in [1.54, 1.807) is 18.2 Å². The highest BCUT2D eigenvalue weighted by Gasteiger charge is 2.30. The number of anilines is 1. The van der Waals surface area contributed by atoms with Gasteiger partial charge in [0, 0.05) is 37.5 Å². The Hall–Kier alpha value is -2.67. The van der Waals surface area contributed by atoms with Crippen LogP contribution in [0.4, 0.5) is 9.52 Å². The molecule has 0 spiro atoms. The van der Waals surface area contributed by atoms with E-state index in [0.717, 1.165) is 10.6 Å². The zero-order valence-corrected chi connectivity index (χ0v) is 17.8. The first kappa shape index (κ1) is 20.6. The van der Waals surface area contributed by atoms with Crippen LogP contribution in [0.2, 0.25) is 0 Å². The van der Waals surface area contributed by atoms with Crippen LogP contribution in [0.3, 0.4) is 0 Å². The van der Waals surface area contributed by atoms with E-state index in [-0.39, 0.29) is 18.1 Å². The van der Waals surface area contributed by atoms with E-state index < -0.39 is 16.1 Å². The number of H-pyrrole nitrogens is 1. The largest absolute Gasteiger partial charge is 0.296 e. The number of nitrogens with one attached hydrogen (secondary N) is 2. The summed E-state index contributed by atoms with van der Waals surface area (Å²) in [5.41, 5.74) is 2.22. The fourth-order valence-corrected chi connectivity index (χ4v) is 5.20. The summed E-state index contributed by atoms with van der Waals surface area (Å²) in [4.78, 5) is 17.8. The topological polar surface area (TPSA) is 111 Å². The van der Waals surface area contributed by atoms with Gasteiger partial charge >= 0.3 is 0 Å². The third-order valence-electron chi connectivity index (χ3n) is 4.67. The van der Waals surface area contributed by atoms with Crippen LogP contribution in [-0.4, -0.2) is 58.8 Å². The van der Waals surface area contributed by atoms with Gasteiger partial charge in [-0.25, -0.2) is 9.37 Å². The molecule has 0 fully saturated rings. The van der Waals surface area contributed by atoms with Crippen molar-refractivity contribution in [3.05, 3.63) is 52.4 Å². The van der Waals surface area contributed by atoms with Crippen LogP contribution < -0.4 is 5.32 Å². The lowest BCUT2D eigenvalue weighted by molar-refractivity contribution is 0.102. The summed E-state index contributed by atoms with van der Waals surface area (Å²) in [5.74, 6) is -0.767. The van der Waals surface area contributed by atoms with Gasteiger partial charge in [-0.1, -0.05) is 0 Å². The van der Waals surface area contributed by atoms with Crippen LogP contribution >= 0.6 is 11.3 Å². The second-order valence-electron chi connectivity index (χ2n) is 6.89. The molecule has 3 aromatic rings. The zero-order chi connectivity index (χ0) is 21.5. The van der Waals surface area contributed by atoms with Gasteiger partial charge in [0.15, 0.2) is 5.13 Å². The Morgan fingerprint density at radius 1 is 1.30 bits per heavy atom. The average molecular weight is 451 g/mol. The van der Waals surface area contributed by atoms with Crippen molar-refractivity contribution in [3.8, 4) is 11.3 Å². The Morgan fingerprint density at radius 3 is 2.73 bits per heavy atom. The maximum atomic E-state index is 13.1. The zero-order valence-electron chi connectivity index (χ0n) is 16.2. The molecule has 4 rings (SSSR count). The van der Waals surface area contributed by atoms with Gasteiger partial charge in [0.2, 0.25) is 0 Å². The fraction of sp³-hybridized carbons (Fsp3) is 0.278. The van der Waals surface area contributed by atoms with Crippen LogP contribution in [0.1, 0.15) is 21.1 Å². The van der Waals surface area contributed by atoms with Gasteiger partial charge < -0.3 is 0 Å². The minimum atomic E-state index is -3.50. The van der Waals surface area contributed by atoms with Crippen molar-refractivity contribution in [1.29, 1.82) is 0 Å². The van der Waals surface area contributed by atoms with Crippen molar-refractivity contribution < 1.29 is 17.6 Å². The van der Waals surface area contributed by atoms with Gasteiger partial charge in [-0.3, -0.25) is 15.2 Å². The summed E-state index contributed by atoms with van der Waals surface area (Å²) in [5, 5.41) is 9.88. The Balaban J connectivity index is 1.47. The van der Waals surface area contributed by atoms with Gasteiger partial charge in [0.05, 0.1) is 17.9 Å². The van der Waals surface area contributed by atoms with E-state index in [0.29, 0.717) is 29.4 Å². The molecule has 0 radical (unpaired) electrons. The molecule has 1 aliphatic rings. The standard InChI is InChI=1S/C18H19FN6O3S2/c1-24(2)30(27,28)25-8-7-13-16(10-25)29-18(20-13)21-17(26)15-9-14(22-23-15)11-3-5-12(19)6-4-11/h3-6,9H,7-8,10H2,1-2H3,(H,22,23)(H,20,21,26). The molecule has 0 saturated carbocycles. The Labute approximate surface area is 176 Å². The predicted molar refractivity (Wildman–Crippen MR) is 111 cm³/mol. The Morgan fingerprint density at radius 2 is 2.03 bits per heavy atom. The predicted octanol–water partition coefficient (Wildman–Crippen LogP) is 2.09. The first-order valence-corrected chi connectivity index (χ1v) is 11.2. The Kier molecular flexibility index (Phi) is 5.40. The normalized spacial score (nSPS) is 14.7. The third-order valence-corrected chi connectivity index (χ3v) is 7.55. The molecule has 0 bridgehead atoms. The number of halogens is 1. The molecule has 1 aromatic carbocycles. The van der Waals surface area contributed by atoms with Gasteiger partial charge in [-0.05, 0) is 30.3 Å². The van der Waals surface area contributed by atoms with Gasteiger partial charge in [-0.15, -0.1) is 11.3 Å². The molecular formula is C18H19FN6O3S2. The van der Waals surface area contributed by atoms with Crippen molar-refractivity contribution >= 4 is 32.6 Å². The minimum absolute atomic E-state index is 0.224. The second-order valence-corrected chi connectivity index (χ2v) is 10.1. The van der Waals surface area contributed by atoms with Gasteiger partial charge in [0.1, 0.15) is 11.5 Å². The number of aromatic amines is 1. The first-order valence-electron chi connectivity index (χ1n) is 9.03. The molecule has 2 N–H and O–H groups in total. The number of rotatable bonds is 5. The number of aromatic nitrogens is 3. The second kappa shape index (κ2) is 7.87. The van der Waals surface area contributed by atoms with Gasteiger partial charge in [0.25, 0.3) is 16.1 Å². The maximum Gasteiger partial charge on any atom is 0.281 e. The number of carbonyl (C=O) groups excluding carboxylic acids is 1. The summed E-state index contributed by atoms with van der Waals surface area (Å²) in [7, 11) is -0.517. The lowest BCUT2D eigenvalue weighted by Gasteiger charge is -2.27. The SMILES string of the molecule is CN(C)S(=O)(=O)N1CCc2nc(NC(=O)c3cc(-c4ccc(F)cc4)n[nH]3)sc2C1. The summed E-state index contributed by atoms with van der Waals surface area (Å²) < 4.78 is 40.3. The molecule has 9 nitrogen and oxygen atoms in total. The van der Waals surface area contributed by atoms with Crippen molar-refractivity contribution in [3.63, 3.8) is 0 Å². The van der Waals surface area contributed by atoms with E-state index in [4.69, 9.17) is 0 Å². The minimum Gasteiger partial charge on any atom is -0.296 e. The molecule has 158 valence electrons. The summed E-state index contributed by atoms with van der Waals surface area (Å²) >= 11 is 1.25. The molecule has 1 aliphatic heterocycles. The summed E-state index contributed by atoms with van der Waals surface area (Å²) in [6, 6.07) is 7.37. The number of fused-ring (bicyclic) bond motifs is 1. The van der Waals surface area contributed by atoms with Crippen LogP contribution in [-0.2, 0) is 23.2 Å². The third kappa shape index (κ3) is 3.99. The van der Waals surface area contributed by atoms with Crippen LogP contribution in [0, 0.1) is 5.82 Å². The number of hydrogen-bond acceptors (Lipinski definition) is 6. The molecule has 0 unspecified atom stereocenters. The van der Waals surface area contributed by atoms with Crippen LogP contribution in [0.5, 0.6) is 0 Å². The van der Waals surface area contributed by atoms with E-state index in [2.05, 4.69) is 20.5 Å². The molecule has 0 aliphatic carbocycles. The monoisotopic (exact) mass is 450 g/mol. The molecule has 0 atom stereocenters. The lowest BCUT2D eigenvalue weighted by Crippen LogP contribution is -2.42. The van der Waals surface area contributed by atoms with Crippen LogP contribution in [0.15, 0.2) is 30.3 Å². The van der Waals surface area contributed by atoms with E-state index >= 15 is 0 Å². The van der Waals surface area contributed by atoms with Crippen molar-refractivity contribution in [2.24, 2.45) is 0 Å². The van der Waals surface area contributed by atoms with E-state index in [1.165, 1.54) is 46.2 Å². The molecule has 1 amide bonds. The molecule has 0 saturated heterocycles.